The highest BCUT2D eigenvalue weighted by Gasteiger charge is 2.65. The Morgan fingerprint density at radius 1 is 1.22 bits per heavy atom. The topological polar surface area (TPSA) is 115 Å². The van der Waals surface area contributed by atoms with Gasteiger partial charge in [0, 0.05) is 17.4 Å². The number of amides is 2. The number of rotatable bonds is 4. The van der Waals surface area contributed by atoms with Gasteiger partial charge >= 0.3 is 6.18 Å². The predicted octanol–water partition coefficient (Wildman–Crippen LogP) is 3.24. The number of anilines is 1. The number of halogens is 5. The first-order valence-corrected chi connectivity index (χ1v) is 9.26. The summed E-state index contributed by atoms with van der Waals surface area (Å²) in [6.45, 7) is 1.87. The summed E-state index contributed by atoms with van der Waals surface area (Å²) in [6, 6.07) is 3.98. The number of phenolic OH excluding ortho intramolecular Hbond substituents is 1. The van der Waals surface area contributed by atoms with Gasteiger partial charge in [-0.05, 0) is 25.1 Å². The first-order valence-electron chi connectivity index (χ1n) is 9.26. The van der Waals surface area contributed by atoms with Gasteiger partial charge in [-0.25, -0.2) is 9.37 Å². The van der Waals surface area contributed by atoms with Crippen molar-refractivity contribution in [3.05, 3.63) is 53.4 Å². The minimum Gasteiger partial charge on any atom is -0.505 e. The summed E-state index contributed by atoms with van der Waals surface area (Å²) in [5.74, 6) is -9.09. The van der Waals surface area contributed by atoms with Crippen LogP contribution in [-0.4, -0.2) is 39.8 Å². The Balaban J connectivity index is 2.01. The zero-order valence-electron chi connectivity index (χ0n) is 16.7. The molecule has 1 saturated heterocycles. The number of primary amides is 1. The van der Waals surface area contributed by atoms with E-state index in [1.165, 1.54) is 12.1 Å². The second kappa shape index (κ2) is 8.01. The van der Waals surface area contributed by atoms with E-state index in [0.717, 1.165) is 26.1 Å². The number of hydrogen-bond acceptors (Lipinski definition) is 5. The molecule has 172 valence electrons. The number of nitrogens with two attached hydrogens (primary N) is 1. The lowest BCUT2D eigenvalue weighted by atomic mass is 9.77. The first-order chi connectivity index (χ1) is 14.8. The Morgan fingerprint density at radius 2 is 1.88 bits per heavy atom. The molecule has 0 unspecified atom stereocenters. The van der Waals surface area contributed by atoms with Crippen molar-refractivity contribution in [1.29, 1.82) is 0 Å². The SMILES string of the molecule is C[C@H]1[C@@H](c2ccc(F)c(F)c2O)[C@H](C(=O)Nc2ccc(C(N)=O)nc2)O[C@@]1(C)C(F)(F)F. The van der Waals surface area contributed by atoms with E-state index in [1.807, 2.05) is 0 Å². The lowest BCUT2D eigenvalue weighted by molar-refractivity contribution is -0.272. The number of carbonyl (C=O) groups excluding carboxylic acids is 2. The Kier molecular flexibility index (Phi) is 5.85. The van der Waals surface area contributed by atoms with Gasteiger partial charge in [0.2, 0.25) is 5.82 Å². The average molecular weight is 459 g/mol. The zero-order valence-corrected chi connectivity index (χ0v) is 16.7. The molecule has 12 heteroatoms. The number of benzene rings is 1. The maximum Gasteiger partial charge on any atom is 0.417 e. The van der Waals surface area contributed by atoms with Gasteiger partial charge in [0.1, 0.15) is 11.8 Å². The highest BCUT2D eigenvalue weighted by molar-refractivity contribution is 5.96. The maximum atomic E-state index is 13.9. The molecule has 7 nitrogen and oxygen atoms in total. The van der Waals surface area contributed by atoms with Crippen molar-refractivity contribution < 1.29 is 41.4 Å². The second-order valence-electron chi connectivity index (χ2n) is 7.54. The van der Waals surface area contributed by atoms with Crippen LogP contribution in [0.5, 0.6) is 5.75 Å². The second-order valence-corrected chi connectivity index (χ2v) is 7.54. The molecule has 4 N–H and O–H groups in total. The van der Waals surface area contributed by atoms with E-state index in [2.05, 4.69) is 10.3 Å². The zero-order chi connectivity index (χ0) is 24.0. The highest BCUT2D eigenvalue weighted by atomic mass is 19.4. The third kappa shape index (κ3) is 3.85. The summed E-state index contributed by atoms with van der Waals surface area (Å²) >= 11 is 0. The number of nitrogens with one attached hydrogen (secondary N) is 1. The fourth-order valence-corrected chi connectivity index (χ4v) is 3.67. The number of ether oxygens (including phenoxy) is 1. The minimum atomic E-state index is -4.92. The molecule has 0 radical (unpaired) electrons. The van der Waals surface area contributed by atoms with Crippen LogP contribution in [0, 0.1) is 17.6 Å². The van der Waals surface area contributed by atoms with Gasteiger partial charge in [-0.15, -0.1) is 0 Å². The minimum absolute atomic E-state index is 0.0186. The lowest BCUT2D eigenvalue weighted by Crippen LogP contribution is -2.47. The van der Waals surface area contributed by atoms with Gasteiger partial charge in [-0.3, -0.25) is 9.59 Å². The van der Waals surface area contributed by atoms with Gasteiger partial charge < -0.3 is 20.9 Å². The van der Waals surface area contributed by atoms with Crippen LogP contribution >= 0.6 is 0 Å². The molecule has 2 amide bonds. The van der Waals surface area contributed by atoms with Crippen molar-refractivity contribution in [2.24, 2.45) is 11.7 Å². The van der Waals surface area contributed by atoms with E-state index in [0.29, 0.717) is 6.07 Å². The van der Waals surface area contributed by atoms with Crippen LogP contribution in [0.4, 0.5) is 27.6 Å². The van der Waals surface area contributed by atoms with E-state index < -0.39 is 64.5 Å². The molecular weight excluding hydrogens is 441 g/mol. The smallest absolute Gasteiger partial charge is 0.417 e. The summed E-state index contributed by atoms with van der Waals surface area (Å²) in [5, 5.41) is 12.4. The van der Waals surface area contributed by atoms with Gasteiger partial charge in [-0.1, -0.05) is 13.0 Å². The molecule has 4 atom stereocenters. The number of aromatic hydroxyl groups is 1. The molecule has 2 heterocycles. The number of pyridine rings is 1. The van der Waals surface area contributed by atoms with Crippen LogP contribution in [0.3, 0.4) is 0 Å². The molecular formula is C20H18F5N3O4. The molecule has 3 rings (SSSR count). The number of nitrogens with zero attached hydrogens (tertiary/aromatic N) is 1. The molecule has 0 bridgehead atoms. The molecule has 0 spiro atoms. The Labute approximate surface area is 178 Å². The van der Waals surface area contributed by atoms with Crippen molar-refractivity contribution in [2.75, 3.05) is 5.32 Å². The van der Waals surface area contributed by atoms with E-state index >= 15 is 0 Å². The van der Waals surface area contributed by atoms with E-state index in [9.17, 15) is 36.6 Å². The van der Waals surface area contributed by atoms with Gasteiger partial charge in [0.05, 0.1) is 11.9 Å². The van der Waals surface area contributed by atoms with E-state index in [-0.39, 0.29) is 11.4 Å². The predicted molar refractivity (Wildman–Crippen MR) is 101 cm³/mol. The highest BCUT2D eigenvalue weighted by Crippen LogP contribution is 2.54. The molecule has 1 aliphatic rings. The van der Waals surface area contributed by atoms with Crippen molar-refractivity contribution in [3.8, 4) is 5.75 Å². The largest absolute Gasteiger partial charge is 0.505 e. The van der Waals surface area contributed by atoms with Crippen LogP contribution < -0.4 is 11.1 Å². The fraction of sp³-hybridized carbons (Fsp3) is 0.350. The van der Waals surface area contributed by atoms with Gasteiger partial charge in [0.25, 0.3) is 11.8 Å². The summed E-state index contributed by atoms with van der Waals surface area (Å²) in [7, 11) is 0. The molecule has 2 aromatic rings. The summed E-state index contributed by atoms with van der Waals surface area (Å²) in [6.07, 6.45) is -5.69. The van der Waals surface area contributed by atoms with Gasteiger partial charge in [-0.2, -0.15) is 17.6 Å². The van der Waals surface area contributed by atoms with Crippen molar-refractivity contribution >= 4 is 17.5 Å². The van der Waals surface area contributed by atoms with Crippen LogP contribution in [0.1, 0.15) is 35.8 Å². The van der Waals surface area contributed by atoms with E-state index in [4.69, 9.17) is 10.5 Å². The number of hydrogen-bond donors (Lipinski definition) is 3. The monoisotopic (exact) mass is 459 g/mol. The number of phenols is 1. The first kappa shape index (κ1) is 23.4. The Hall–Kier alpha value is -3.28. The molecule has 0 aliphatic carbocycles. The molecule has 1 aromatic carbocycles. The Morgan fingerprint density at radius 3 is 2.41 bits per heavy atom. The molecule has 32 heavy (non-hydrogen) atoms. The molecule has 1 aliphatic heterocycles. The van der Waals surface area contributed by atoms with Gasteiger partial charge in [0.15, 0.2) is 17.2 Å². The molecule has 0 saturated carbocycles. The molecule has 1 fully saturated rings. The summed E-state index contributed by atoms with van der Waals surface area (Å²) in [5.41, 5.74) is 1.75. The fourth-order valence-electron chi connectivity index (χ4n) is 3.67. The normalized spacial score (nSPS) is 25.5. The Bertz CT molecular complexity index is 1060. The number of aromatic nitrogens is 1. The van der Waals surface area contributed by atoms with Crippen LogP contribution in [0.15, 0.2) is 30.5 Å². The van der Waals surface area contributed by atoms with Crippen LogP contribution in [0.2, 0.25) is 0 Å². The number of alkyl halides is 3. The average Bonchev–Trinajstić information content (AvgIpc) is 2.99. The summed E-state index contributed by atoms with van der Waals surface area (Å²) in [4.78, 5) is 27.7. The van der Waals surface area contributed by atoms with Crippen LogP contribution in [-0.2, 0) is 9.53 Å². The van der Waals surface area contributed by atoms with E-state index in [1.54, 1.807) is 0 Å². The summed E-state index contributed by atoms with van der Waals surface area (Å²) < 4.78 is 74.0. The third-order valence-electron chi connectivity index (χ3n) is 5.67. The lowest BCUT2D eigenvalue weighted by Gasteiger charge is -2.31. The third-order valence-corrected chi connectivity index (χ3v) is 5.67. The van der Waals surface area contributed by atoms with Crippen molar-refractivity contribution in [2.45, 2.75) is 37.6 Å². The standard InChI is InChI=1S/C20H18F5N3O4/c1-8-13(10-4-5-11(21)14(22)15(10)29)16(32-19(8,2)20(23,24)25)18(31)28-9-3-6-12(17(26)30)27-7-9/h3-8,13,16,29H,1-2H3,(H2,26,30)(H,28,31)/t8-,13-,16+,19+/m0/s1. The quantitative estimate of drug-likeness (QED) is 0.608. The number of carbonyl (C=O) groups is 2. The molecule has 1 aromatic heterocycles. The maximum absolute atomic E-state index is 13.9. The van der Waals surface area contributed by atoms with Crippen molar-refractivity contribution in [1.82, 2.24) is 4.98 Å². The van der Waals surface area contributed by atoms with Crippen molar-refractivity contribution in [3.63, 3.8) is 0 Å². The van der Waals surface area contributed by atoms with Crippen LogP contribution in [0.25, 0.3) is 0 Å².